The van der Waals surface area contributed by atoms with E-state index in [0.29, 0.717) is 22.3 Å². The molecule has 0 saturated heterocycles. The van der Waals surface area contributed by atoms with Crippen LogP contribution in [-0.2, 0) is 16.1 Å². The molecule has 0 unspecified atom stereocenters. The Kier molecular flexibility index (Phi) is 6.85. The Morgan fingerprint density at radius 1 is 1.04 bits per heavy atom. The van der Waals surface area contributed by atoms with Gasteiger partial charge >= 0.3 is 0 Å². The van der Waals surface area contributed by atoms with E-state index in [-0.39, 0.29) is 24.3 Å². The van der Waals surface area contributed by atoms with Crippen LogP contribution in [0.5, 0.6) is 0 Å². The van der Waals surface area contributed by atoms with Gasteiger partial charge in [-0.1, -0.05) is 53.5 Å². The smallest absolute Gasteiger partial charge is 0.233 e. The number of carbonyl (C=O) groups excluding carboxylic acids is 2. The Bertz CT molecular complexity index is 748. The number of hydrogen-bond donors (Lipinski definition) is 1. The zero-order chi connectivity index (χ0) is 18.4. The Labute approximate surface area is 157 Å². The van der Waals surface area contributed by atoms with Gasteiger partial charge in [-0.3, -0.25) is 9.59 Å². The second kappa shape index (κ2) is 8.88. The molecule has 0 aliphatic heterocycles. The van der Waals surface area contributed by atoms with Crippen LogP contribution in [-0.4, -0.2) is 22.8 Å². The van der Waals surface area contributed by atoms with E-state index in [0.717, 1.165) is 5.56 Å². The number of nitrogens with zero attached hydrogens (tertiary/aromatic N) is 1. The van der Waals surface area contributed by atoms with Gasteiger partial charge in [-0.25, -0.2) is 0 Å². The van der Waals surface area contributed by atoms with E-state index < -0.39 is 0 Å². The SMILES string of the molecule is CC(C)N(Cc1ccccc1)C(=O)CC(=O)Nc1ccc(Cl)c(Cl)c1. The standard InChI is InChI=1S/C19H20Cl2N2O2/c1-13(2)23(12-14-6-4-3-5-7-14)19(25)11-18(24)22-15-8-9-16(20)17(21)10-15/h3-10,13H,11-12H2,1-2H3,(H,22,24). The highest BCUT2D eigenvalue weighted by molar-refractivity contribution is 6.42. The molecule has 0 aliphatic carbocycles. The minimum atomic E-state index is -0.387. The molecule has 0 radical (unpaired) electrons. The van der Waals surface area contributed by atoms with Gasteiger partial charge in [-0.05, 0) is 37.6 Å². The Morgan fingerprint density at radius 3 is 2.32 bits per heavy atom. The predicted octanol–water partition coefficient (Wildman–Crippen LogP) is 4.76. The topological polar surface area (TPSA) is 49.4 Å². The maximum absolute atomic E-state index is 12.5. The largest absolute Gasteiger partial charge is 0.336 e. The van der Waals surface area contributed by atoms with Crippen molar-refractivity contribution in [1.82, 2.24) is 4.90 Å². The number of nitrogens with one attached hydrogen (secondary N) is 1. The Balaban J connectivity index is 1.99. The molecule has 25 heavy (non-hydrogen) atoms. The molecule has 0 saturated carbocycles. The first-order valence-electron chi connectivity index (χ1n) is 7.95. The highest BCUT2D eigenvalue weighted by Crippen LogP contribution is 2.25. The van der Waals surface area contributed by atoms with Crippen molar-refractivity contribution in [3.05, 3.63) is 64.1 Å². The molecule has 0 heterocycles. The van der Waals surface area contributed by atoms with Gasteiger partial charge in [0.05, 0.1) is 10.0 Å². The normalized spacial score (nSPS) is 10.6. The molecule has 4 nitrogen and oxygen atoms in total. The van der Waals surface area contributed by atoms with Gasteiger partial charge < -0.3 is 10.2 Å². The van der Waals surface area contributed by atoms with Gasteiger partial charge in [0.2, 0.25) is 11.8 Å². The minimum Gasteiger partial charge on any atom is -0.336 e. The average Bonchev–Trinajstić information content (AvgIpc) is 2.56. The summed E-state index contributed by atoms with van der Waals surface area (Å²) in [4.78, 5) is 26.4. The van der Waals surface area contributed by atoms with Gasteiger partial charge in [-0.15, -0.1) is 0 Å². The fraction of sp³-hybridized carbons (Fsp3) is 0.263. The lowest BCUT2D eigenvalue weighted by atomic mass is 10.1. The lowest BCUT2D eigenvalue weighted by Gasteiger charge is -2.26. The summed E-state index contributed by atoms with van der Waals surface area (Å²) in [6.45, 7) is 4.33. The lowest BCUT2D eigenvalue weighted by Crippen LogP contribution is -2.38. The molecule has 0 spiro atoms. The van der Waals surface area contributed by atoms with Crippen LogP contribution in [0.2, 0.25) is 10.0 Å². The van der Waals surface area contributed by atoms with Crippen molar-refractivity contribution < 1.29 is 9.59 Å². The third-order valence-corrected chi connectivity index (χ3v) is 4.39. The summed E-state index contributed by atoms with van der Waals surface area (Å²) < 4.78 is 0. The molecule has 2 rings (SSSR count). The average molecular weight is 379 g/mol. The van der Waals surface area contributed by atoms with Gasteiger partial charge in [-0.2, -0.15) is 0 Å². The number of carbonyl (C=O) groups is 2. The number of rotatable bonds is 6. The molecule has 0 aromatic heterocycles. The summed E-state index contributed by atoms with van der Waals surface area (Å²) in [6, 6.07) is 14.5. The Hall–Kier alpha value is -2.04. The second-order valence-corrected chi connectivity index (χ2v) is 6.77. The van der Waals surface area contributed by atoms with Crippen molar-refractivity contribution in [2.24, 2.45) is 0 Å². The predicted molar refractivity (Wildman–Crippen MR) is 102 cm³/mol. The molecule has 2 aromatic carbocycles. The van der Waals surface area contributed by atoms with Crippen molar-refractivity contribution >= 4 is 40.7 Å². The third kappa shape index (κ3) is 5.76. The summed E-state index contributed by atoms with van der Waals surface area (Å²) in [6.07, 6.45) is -0.231. The summed E-state index contributed by atoms with van der Waals surface area (Å²) in [5, 5.41) is 3.42. The first kappa shape index (κ1) is 19.3. The van der Waals surface area contributed by atoms with Crippen molar-refractivity contribution in [1.29, 1.82) is 0 Å². The highest BCUT2D eigenvalue weighted by atomic mass is 35.5. The van der Waals surface area contributed by atoms with Crippen LogP contribution in [0, 0.1) is 0 Å². The maximum atomic E-state index is 12.5. The molecule has 0 bridgehead atoms. The molecule has 0 fully saturated rings. The quantitative estimate of drug-likeness (QED) is 0.736. The molecule has 0 aliphatic rings. The third-order valence-electron chi connectivity index (χ3n) is 3.65. The molecule has 132 valence electrons. The van der Waals surface area contributed by atoms with Crippen LogP contribution in [0.4, 0.5) is 5.69 Å². The van der Waals surface area contributed by atoms with E-state index in [9.17, 15) is 9.59 Å². The van der Waals surface area contributed by atoms with Gasteiger partial charge in [0, 0.05) is 18.3 Å². The van der Waals surface area contributed by atoms with E-state index in [4.69, 9.17) is 23.2 Å². The number of benzene rings is 2. The number of anilines is 1. The van der Waals surface area contributed by atoms with Crippen LogP contribution < -0.4 is 5.32 Å². The fourth-order valence-electron chi connectivity index (χ4n) is 2.36. The lowest BCUT2D eigenvalue weighted by molar-refractivity contribution is -0.136. The number of hydrogen-bond acceptors (Lipinski definition) is 2. The first-order chi connectivity index (χ1) is 11.9. The summed E-state index contributed by atoms with van der Waals surface area (Å²) in [5.74, 6) is -0.612. The summed E-state index contributed by atoms with van der Waals surface area (Å²) in [7, 11) is 0. The van der Waals surface area contributed by atoms with E-state index in [1.807, 2.05) is 44.2 Å². The second-order valence-electron chi connectivity index (χ2n) is 5.95. The molecule has 0 atom stereocenters. The molecular weight excluding hydrogens is 359 g/mol. The van der Waals surface area contributed by atoms with Crippen LogP contribution in [0.25, 0.3) is 0 Å². The molecule has 6 heteroatoms. The zero-order valence-corrected chi connectivity index (χ0v) is 15.6. The van der Waals surface area contributed by atoms with Crippen LogP contribution in [0.1, 0.15) is 25.8 Å². The van der Waals surface area contributed by atoms with Crippen LogP contribution in [0.3, 0.4) is 0 Å². The molecule has 1 N–H and O–H groups in total. The fourth-order valence-corrected chi connectivity index (χ4v) is 2.65. The Morgan fingerprint density at radius 2 is 1.72 bits per heavy atom. The minimum absolute atomic E-state index is 0.00881. The van der Waals surface area contributed by atoms with E-state index in [2.05, 4.69) is 5.32 Å². The van der Waals surface area contributed by atoms with Crippen molar-refractivity contribution in [3.8, 4) is 0 Å². The van der Waals surface area contributed by atoms with Crippen LogP contribution >= 0.6 is 23.2 Å². The number of amides is 2. The zero-order valence-electron chi connectivity index (χ0n) is 14.1. The molecule has 2 aromatic rings. The van der Waals surface area contributed by atoms with Crippen LogP contribution in [0.15, 0.2) is 48.5 Å². The van der Waals surface area contributed by atoms with Gasteiger partial charge in [0.25, 0.3) is 0 Å². The molecular formula is C19H20Cl2N2O2. The van der Waals surface area contributed by atoms with Crippen molar-refractivity contribution in [2.45, 2.75) is 32.9 Å². The highest BCUT2D eigenvalue weighted by Gasteiger charge is 2.20. The summed E-state index contributed by atoms with van der Waals surface area (Å²) >= 11 is 11.8. The van der Waals surface area contributed by atoms with Crippen molar-refractivity contribution in [3.63, 3.8) is 0 Å². The monoisotopic (exact) mass is 378 g/mol. The van der Waals surface area contributed by atoms with Crippen molar-refractivity contribution in [2.75, 3.05) is 5.32 Å². The van der Waals surface area contributed by atoms with Gasteiger partial charge in [0.15, 0.2) is 0 Å². The van der Waals surface area contributed by atoms with E-state index >= 15 is 0 Å². The first-order valence-corrected chi connectivity index (χ1v) is 8.70. The maximum Gasteiger partial charge on any atom is 0.233 e. The summed E-state index contributed by atoms with van der Waals surface area (Å²) in [5.41, 5.74) is 1.53. The molecule has 2 amide bonds. The van der Waals surface area contributed by atoms with E-state index in [1.54, 1.807) is 23.1 Å². The number of halogens is 2. The van der Waals surface area contributed by atoms with E-state index in [1.165, 1.54) is 0 Å². The van der Waals surface area contributed by atoms with Gasteiger partial charge in [0.1, 0.15) is 6.42 Å².